The summed E-state index contributed by atoms with van der Waals surface area (Å²) in [5.41, 5.74) is 5.30. The van der Waals surface area contributed by atoms with Crippen LogP contribution in [0.5, 0.6) is 0 Å². The van der Waals surface area contributed by atoms with Crippen LogP contribution in [0.2, 0.25) is 0 Å². The molecule has 0 bridgehead atoms. The second kappa shape index (κ2) is 5.85. The second-order valence-corrected chi connectivity index (χ2v) is 6.50. The average molecular weight is 310 g/mol. The van der Waals surface area contributed by atoms with Gasteiger partial charge in [-0.25, -0.2) is 4.98 Å². The maximum atomic E-state index is 4.48. The Morgan fingerprint density at radius 1 is 1.00 bits per heavy atom. The highest BCUT2D eigenvalue weighted by molar-refractivity contribution is 7.21. The van der Waals surface area contributed by atoms with Crippen molar-refractivity contribution in [1.82, 2.24) is 4.98 Å². The molecule has 0 aliphatic carbocycles. The third kappa shape index (κ3) is 2.85. The molecule has 0 amide bonds. The lowest BCUT2D eigenvalue weighted by Crippen LogP contribution is -2.08. The van der Waals surface area contributed by atoms with E-state index in [0.717, 1.165) is 27.0 Å². The predicted molar refractivity (Wildman–Crippen MR) is 94.0 cm³/mol. The quantitative estimate of drug-likeness (QED) is 0.608. The van der Waals surface area contributed by atoms with E-state index in [1.54, 1.807) is 11.3 Å². The van der Waals surface area contributed by atoms with E-state index in [4.69, 9.17) is 0 Å². The van der Waals surface area contributed by atoms with E-state index in [1.165, 1.54) is 5.69 Å². The lowest BCUT2D eigenvalue weighted by atomic mass is 10.1. The van der Waals surface area contributed by atoms with Crippen molar-refractivity contribution in [2.24, 2.45) is 10.2 Å². The van der Waals surface area contributed by atoms with Gasteiger partial charge in [0.1, 0.15) is 0 Å². The summed E-state index contributed by atoms with van der Waals surface area (Å²) in [6.45, 7) is 4.12. The van der Waals surface area contributed by atoms with Crippen LogP contribution in [0.15, 0.2) is 46.6 Å². The van der Waals surface area contributed by atoms with Crippen LogP contribution in [0, 0.1) is 13.8 Å². The highest BCUT2D eigenvalue weighted by Gasteiger charge is 2.07. The van der Waals surface area contributed by atoms with Gasteiger partial charge in [-0.05, 0) is 49.2 Å². The Hall–Kier alpha value is -2.27. The van der Waals surface area contributed by atoms with Gasteiger partial charge in [0.2, 0.25) is 5.13 Å². The van der Waals surface area contributed by atoms with Crippen molar-refractivity contribution < 1.29 is 0 Å². The number of rotatable bonds is 3. The van der Waals surface area contributed by atoms with Crippen molar-refractivity contribution in [3.05, 3.63) is 47.5 Å². The molecule has 0 atom stereocenters. The molecule has 2 aromatic carbocycles. The minimum absolute atomic E-state index is 0.691. The first-order valence-electron chi connectivity index (χ1n) is 7.10. The number of para-hydroxylation sites is 1. The number of anilines is 1. The van der Waals surface area contributed by atoms with Gasteiger partial charge in [-0.15, -0.1) is 10.2 Å². The number of aromatic nitrogens is 1. The Kier molecular flexibility index (Phi) is 3.90. The number of aryl methyl sites for hydroxylation is 2. The number of hydrogen-bond donors (Lipinski definition) is 0. The van der Waals surface area contributed by atoms with Crippen LogP contribution in [-0.4, -0.2) is 19.1 Å². The molecule has 22 heavy (non-hydrogen) atoms. The largest absolute Gasteiger partial charge is 0.378 e. The van der Waals surface area contributed by atoms with E-state index in [1.807, 2.05) is 38.4 Å². The SMILES string of the molecule is Cc1cc(N(C)C)cc(C)c1N=Nc1nc2ccccc2s1. The summed E-state index contributed by atoms with van der Waals surface area (Å²) in [7, 11) is 4.08. The third-order valence-corrected chi connectivity index (χ3v) is 4.43. The Labute approximate surface area is 134 Å². The number of thiazole rings is 1. The maximum absolute atomic E-state index is 4.48. The normalized spacial score (nSPS) is 11.5. The van der Waals surface area contributed by atoms with E-state index < -0.39 is 0 Å². The van der Waals surface area contributed by atoms with Crippen LogP contribution in [0.1, 0.15) is 11.1 Å². The van der Waals surface area contributed by atoms with Gasteiger partial charge in [0.05, 0.1) is 15.9 Å². The molecular weight excluding hydrogens is 292 g/mol. The van der Waals surface area contributed by atoms with Crippen molar-refractivity contribution >= 4 is 38.1 Å². The molecule has 0 saturated carbocycles. The molecule has 0 radical (unpaired) electrons. The lowest BCUT2D eigenvalue weighted by molar-refractivity contribution is 1.11. The summed E-state index contributed by atoms with van der Waals surface area (Å²) in [5.74, 6) is 0. The number of benzene rings is 2. The molecule has 0 spiro atoms. The van der Waals surface area contributed by atoms with Gasteiger partial charge in [0, 0.05) is 19.8 Å². The number of nitrogens with zero attached hydrogens (tertiary/aromatic N) is 4. The lowest BCUT2D eigenvalue weighted by Gasteiger charge is -2.15. The molecule has 5 heteroatoms. The summed E-state index contributed by atoms with van der Waals surface area (Å²) in [6, 6.07) is 12.3. The molecule has 0 aliphatic rings. The van der Waals surface area contributed by atoms with E-state index >= 15 is 0 Å². The van der Waals surface area contributed by atoms with Crippen LogP contribution < -0.4 is 4.90 Å². The number of azo groups is 1. The van der Waals surface area contributed by atoms with Gasteiger partial charge in [0.25, 0.3) is 0 Å². The first kappa shape index (κ1) is 14.7. The Balaban J connectivity index is 1.95. The molecular formula is C17H18N4S. The fourth-order valence-corrected chi connectivity index (χ4v) is 3.13. The topological polar surface area (TPSA) is 40.9 Å². The van der Waals surface area contributed by atoms with Gasteiger partial charge in [-0.2, -0.15) is 0 Å². The molecule has 4 nitrogen and oxygen atoms in total. The first-order valence-corrected chi connectivity index (χ1v) is 7.92. The molecule has 3 rings (SSSR count). The number of hydrogen-bond acceptors (Lipinski definition) is 5. The van der Waals surface area contributed by atoms with Gasteiger partial charge < -0.3 is 4.90 Å². The molecule has 0 aliphatic heterocycles. The molecule has 0 unspecified atom stereocenters. The zero-order valence-electron chi connectivity index (χ0n) is 13.2. The summed E-state index contributed by atoms with van der Waals surface area (Å²) in [4.78, 5) is 6.57. The molecule has 1 aromatic heterocycles. The Morgan fingerprint density at radius 3 is 2.32 bits per heavy atom. The van der Waals surface area contributed by atoms with E-state index in [-0.39, 0.29) is 0 Å². The van der Waals surface area contributed by atoms with Crippen LogP contribution in [0.4, 0.5) is 16.5 Å². The fraction of sp³-hybridized carbons (Fsp3) is 0.235. The minimum atomic E-state index is 0.691. The first-order chi connectivity index (χ1) is 10.5. The van der Waals surface area contributed by atoms with Crippen LogP contribution in [0.25, 0.3) is 10.2 Å². The molecule has 1 heterocycles. The standard InChI is InChI=1S/C17H18N4S/c1-11-9-13(21(3)4)10-12(2)16(11)19-20-17-18-14-7-5-6-8-15(14)22-17/h5-10H,1-4H3. The van der Waals surface area contributed by atoms with Gasteiger partial charge in [-0.1, -0.05) is 23.5 Å². The zero-order valence-corrected chi connectivity index (χ0v) is 14.0. The van der Waals surface area contributed by atoms with E-state index in [2.05, 4.69) is 46.1 Å². The van der Waals surface area contributed by atoms with Crippen molar-refractivity contribution in [2.45, 2.75) is 13.8 Å². The van der Waals surface area contributed by atoms with Crippen molar-refractivity contribution in [3.8, 4) is 0 Å². The van der Waals surface area contributed by atoms with Crippen LogP contribution >= 0.6 is 11.3 Å². The zero-order chi connectivity index (χ0) is 15.7. The second-order valence-electron chi connectivity index (χ2n) is 5.49. The molecule has 0 N–H and O–H groups in total. The number of fused-ring (bicyclic) bond motifs is 1. The van der Waals surface area contributed by atoms with Crippen molar-refractivity contribution in [1.29, 1.82) is 0 Å². The summed E-state index contributed by atoms with van der Waals surface area (Å²) < 4.78 is 1.13. The predicted octanol–water partition coefficient (Wildman–Crippen LogP) is 5.39. The summed E-state index contributed by atoms with van der Waals surface area (Å²) >= 11 is 1.56. The highest BCUT2D eigenvalue weighted by Crippen LogP contribution is 2.32. The maximum Gasteiger partial charge on any atom is 0.231 e. The molecule has 0 fully saturated rings. The highest BCUT2D eigenvalue weighted by atomic mass is 32.1. The van der Waals surface area contributed by atoms with E-state index in [9.17, 15) is 0 Å². The average Bonchev–Trinajstić information content (AvgIpc) is 2.88. The Bertz CT molecular complexity index is 793. The third-order valence-electron chi connectivity index (χ3n) is 3.51. The van der Waals surface area contributed by atoms with Gasteiger partial charge in [0.15, 0.2) is 0 Å². The van der Waals surface area contributed by atoms with Crippen LogP contribution in [-0.2, 0) is 0 Å². The van der Waals surface area contributed by atoms with Crippen molar-refractivity contribution in [3.63, 3.8) is 0 Å². The molecule has 3 aromatic rings. The molecule has 112 valence electrons. The fourth-order valence-electron chi connectivity index (χ4n) is 2.34. The minimum Gasteiger partial charge on any atom is -0.378 e. The monoisotopic (exact) mass is 310 g/mol. The molecule has 0 saturated heterocycles. The van der Waals surface area contributed by atoms with Crippen LogP contribution in [0.3, 0.4) is 0 Å². The Morgan fingerprint density at radius 2 is 1.68 bits per heavy atom. The summed E-state index contributed by atoms with van der Waals surface area (Å²) in [6.07, 6.45) is 0. The smallest absolute Gasteiger partial charge is 0.231 e. The van der Waals surface area contributed by atoms with Gasteiger partial charge in [-0.3, -0.25) is 0 Å². The van der Waals surface area contributed by atoms with E-state index in [0.29, 0.717) is 5.13 Å². The van der Waals surface area contributed by atoms with Gasteiger partial charge >= 0.3 is 0 Å². The van der Waals surface area contributed by atoms with Crippen molar-refractivity contribution in [2.75, 3.05) is 19.0 Å². The summed E-state index contributed by atoms with van der Waals surface area (Å²) in [5, 5.41) is 9.45.